The molecule has 0 bridgehead atoms. The third-order valence-electron chi connectivity index (χ3n) is 3.71. The van der Waals surface area contributed by atoms with Gasteiger partial charge in [0, 0.05) is 27.3 Å². The first-order valence-electron chi connectivity index (χ1n) is 8.29. The summed E-state index contributed by atoms with van der Waals surface area (Å²) < 4.78 is 5.84. The molecule has 4 nitrogen and oxygen atoms in total. The molecule has 1 heterocycles. The molecule has 1 saturated heterocycles. The molecular weight excluding hydrogens is 423 g/mol. The number of amides is 1. The number of benzene rings is 2. The first kappa shape index (κ1) is 20.4. The number of nitrogens with one attached hydrogen (secondary N) is 1. The van der Waals surface area contributed by atoms with Gasteiger partial charge in [0.1, 0.15) is 11.9 Å². The molecule has 1 N–H and O–H groups in total. The molecule has 0 aliphatic carbocycles. The number of nitrogens with zero attached hydrogens (tertiary/aromatic N) is 1. The summed E-state index contributed by atoms with van der Waals surface area (Å²) in [7, 11) is 0. The molecule has 1 aliphatic rings. The van der Waals surface area contributed by atoms with Crippen molar-refractivity contribution in [2.24, 2.45) is 5.10 Å². The predicted molar refractivity (Wildman–Crippen MR) is 117 cm³/mol. The smallest absolute Gasteiger partial charge is 0.250 e. The van der Waals surface area contributed by atoms with Crippen LogP contribution in [0.2, 0.25) is 10.0 Å². The van der Waals surface area contributed by atoms with Crippen LogP contribution in [0.5, 0.6) is 5.75 Å². The Morgan fingerprint density at radius 2 is 2.00 bits per heavy atom. The van der Waals surface area contributed by atoms with Gasteiger partial charge in [-0.2, -0.15) is 16.9 Å². The Bertz CT molecular complexity index is 809. The van der Waals surface area contributed by atoms with Crippen LogP contribution in [0.1, 0.15) is 11.1 Å². The molecule has 8 heteroatoms. The van der Waals surface area contributed by atoms with E-state index in [2.05, 4.69) is 10.5 Å². The van der Waals surface area contributed by atoms with Crippen molar-refractivity contribution in [3.8, 4) is 5.75 Å². The molecule has 0 spiro atoms. The van der Waals surface area contributed by atoms with E-state index in [1.807, 2.05) is 36.0 Å². The summed E-state index contributed by atoms with van der Waals surface area (Å²) in [5, 5.41) is 5.22. The molecule has 0 unspecified atom stereocenters. The topological polar surface area (TPSA) is 50.7 Å². The lowest BCUT2D eigenvalue weighted by molar-refractivity contribution is -0.118. The molecule has 0 atom stereocenters. The number of hydrogen-bond acceptors (Lipinski definition) is 5. The highest BCUT2D eigenvalue weighted by Gasteiger charge is 2.19. The lowest BCUT2D eigenvalue weighted by Crippen LogP contribution is -2.31. The van der Waals surface area contributed by atoms with E-state index in [4.69, 9.17) is 27.9 Å². The van der Waals surface area contributed by atoms with Crippen molar-refractivity contribution in [1.29, 1.82) is 0 Å². The van der Waals surface area contributed by atoms with E-state index < -0.39 is 0 Å². The van der Waals surface area contributed by atoms with Crippen LogP contribution >= 0.6 is 46.7 Å². The van der Waals surface area contributed by atoms with Gasteiger partial charge in [0.05, 0.1) is 12.0 Å². The molecule has 0 radical (unpaired) electrons. The molecule has 27 heavy (non-hydrogen) atoms. The number of hydrogen-bond donors (Lipinski definition) is 1. The minimum absolute atomic E-state index is 0.182. The van der Waals surface area contributed by atoms with E-state index in [1.165, 1.54) is 11.8 Å². The molecule has 2 aromatic carbocycles. The van der Waals surface area contributed by atoms with Gasteiger partial charge in [-0.25, -0.2) is 5.43 Å². The second-order valence-electron chi connectivity index (χ2n) is 5.84. The molecule has 1 fully saturated rings. The van der Waals surface area contributed by atoms with Gasteiger partial charge in [0.15, 0.2) is 0 Å². The fraction of sp³-hybridized carbons (Fsp3) is 0.263. The van der Waals surface area contributed by atoms with Gasteiger partial charge in [-0.3, -0.25) is 4.79 Å². The van der Waals surface area contributed by atoms with Gasteiger partial charge < -0.3 is 4.74 Å². The summed E-state index contributed by atoms with van der Waals surface area (Å²) >= 11 is 15.5. The van der Waals surface area contributed by atoms with Crippen LogP contribution < -0.4 is 10.2 Å². The first-order valence-corrected chi connectivity index (χ1v) is 11.4. The van der Waals surface area contributed by atoms with Crippen LogP contribution in [0.15, 0.2) is 47.6 Å². The van der Waals surface area contributed by atoms with Crippen molar-refractivity contribution in [2.45, 2.75) is 11.9 Å². The van der Waals surface area contributed by atoms with Gasteiger partial charge >= 0.3 is 0 Å². The van der Waals surface area contributed by atoms with Crippen molar-refractivity contribution in [3.05, 3.63) is 63.6 Å². The molecule has 1 amide bonds. The molecule has 3 rings (SSSR count). The van der Waals surface area contributed by atoms with E-state index in [0.29, 0.717) is 21.9 Å². The first-order chi connectivity index (χ1) is 13.1. The van der Waals surface area contributed by atoms with Gasteiger partial charge in [0.2, 0.25) is 5.91 Å². The van der Waals surface area contributed by atoms with Crippen molar-refractivity contribution in [3.63, 3.8) is 0 Å². The average Bonchev–Trinajstić information content (AvgIpc) is 2.61. The molecule has 1 aliphatic heterocycles. The van der Waals surface area contributed by atoms with Crippen molar-refractivity contribution in [1.82, 2.24) is 5.43 Å². The SMILES string of the molecule is O=C(CSCc1c(Cl)cccc1Cl)NN=Cc1cccc(OC2CSC2)c1. The van der Waals surface area contributed by atoms with Gasteiger partial charge in [0.25, 0.3) is 0 Å². The number of carbonyl (C=O) groups excluding carboxylic acids is 1. The number of halogens is 2. The largest absolute Gasteiger partial charge is 0.489 e. The standard InChI is InChI=1S/C19H18Cl2N2O2S2/c20-17-5-2-6-18(21)16(17)11-27-12-19(24)23-22-8-13-3-1-4-14(7-13)25-15-9-26-10-15/h1-8,15H,9-12H2,(H,23,24). The Labute approximate surface area is 177 Å². The second kappa shape index (κ2) is 10.3. The fourth-order valence-electron chi connectivity index (χ4n) is 2.27. The Balaban J connectivity index is 1.42. The Kier molecular flexibility index (Phi) is 7.76. The highest BCUT2D eigenvalue weighted by Crippen LogP contribution is 2.28. The van der Waals surface area contributed by atoms with Crippen LogP contribution in [0.4, 0.5) is 0 Å². The van der Waals surface area contributed by atoms with E-state index in [9.17, 15) is 4.79 Å². The number of thioether (sulfide) groups is 2. The minimum atomic E-state index is -0.182. The van der Waals surface area contributed by atoms with Gasteiger partial charge in [-0.15, -0.1) is 11.8 Å². The summed E-state index contributed by atoms with van der Waals surface area (Å²) in [6, 6.07) is 13.0. The molecule has 142 valence electrons. The summed E-state index contributed by atoms with van der Waals surface area (Å²) in [4.78, 5) is 11.9. The highest BCUT2D eigenvalue weighted by molar-refractivity contribution is 8.00. The maximum absolute atomic E-state index is 11.9. The number of hydrazone groups is 1. The normalized spacial score (nSPS) is 14.1. The third-order valence-corrected chi connectivity index (χ3v) is 6.59. The molecule has 2 aromatic rings. The number of ether oxygens (including phenoxy) is 1. The van der Waals surface area contributed by atoms with Crippen LogP contribution in [-0.4, -0.2) is 35.5 Å². The van der Waals surface area contributed by atoms with Crippen molar-refractivity contribution in [2.75, 3.05) is 17.3 Å². The van der Waals surface area contributed by atoms with E-state index in [-0.39, 0.29) is 11.7 Å². The summed E-state index contributed by atoms with van der Waals surface area (Å²) in [6.07, 6.45) is 1.90. The van der Waals surface area contributed by atoms with Gasteiger partial charge in [-0.1, -0.05) is 41.4 Å². The zero-order valence-corrected chi connectivity index (χ0v) is 17.5. The van der Waals surface area contributed by atoms with Crippen LogP contribution in [0.3, 0.4) is 0 Å². The lowest BCUT2D eigenvalue weighted by atomic mass is 10.2. The maximum atomic E-state index is 11.9. The molecule has 0 saturated carbocycles. The second-order valence-corrected chi connectivity index (χ2v) is 8.71. The van der Waals surface area contributed by atoms with Crippen molar-refractivity contribution >= 4 is 58.8 Å². The molecule has 0 aromatic heterocycles. The zero-order valence-electron chi connectivity index (χ0n) is 14.4. The van der Waals surface area contributed by atoms with E-state index in [0.717, 1.165) is 28.4 Å². The minimum Gasteiger partial charge on any atom is -0.489 e. The summed E-state index contributed by atoms with van der Waals surface area (Å²) in [6.45, 7) is 0. The number of carbonyl (C=O) groups is 1. The van der Waals surface area contributed by atoms with Crippen LogP contribution in [-0.2, 0) is 10.5 Å². The maximum Gasteiger partial charge on any atom is 0.250 e. The molecular formula is C19H18Cl2N2O2S2. The Morgan fingerprint density at radius 3 is 2.70 bits per heavy atom. The zero-order chi connectivity index (χ0) is 19.1. The van der Waals surface area contributed by atoms with Crippen LogP contribution in [0.25, 0.3) is 0 Å². The van der Waals surface area contributed by atoms with Crippen LogP contribution in [0, 0.1) is 0 Å². The van der Waals surface area contributed by atoms with E-state index in [1.54, 1.807) is 24.4 Å². The highest BCUT2D eigenvalue weighted by atomic mass is 35.5. The van der Waals surface area contributed by atoms with E-state index >= 15 is 0 Å². The van der Waals surface area contributed by atoms with Crippen molar-refractivity contribution < 1.29 is 9.53 Å². The fourth-order valence-corrected chi connectivity index (χ4v) is 4.39. The Morgan fingerprint density at radius 1 is 1.26 bits per heavy atom. The van der Waals surface area contributed by atoms with Gasteiger partial charge in [-0.05, 0) is 35.4 Å². The monoisotopic (exact) mass is 440 g/mol. The summed E-state index contributed by atoms with van der Waals surface area (Å²) in [5.74, 6) is 3.54. The quantitative estimate of drug-likeness (QED) is 0.469. The third kappa shape index (κ3) is 6.35. The average molecular weight is 441 g/mol. The summed E-state index contributed by atoms with van der Waals surface area (Å²) in [5.41, 5.74) is 4.24. The number of rotatable bonds is 8. The Hall–Kier alpha value is -1.34. The predicted octanol–water partition coefficient (Wildman–Crippen LogP) is 4.87. The lowest BCUT2D eigenvalue weighted by Gasteiger charge is -2.25.